The molecule has 1 fully saturated rings. The van der Waals surface area contributed by atoms with Gasteiger partial charge in [0.1, 0.15) is 11.6 Å². The summed E-state index contributed by atoms with van der Waals surface area (Å²) < 4.78 is 26.7. The largest absolute Gasteiger partial charge is 0.481 e. The Labute approximate surface area is 115 Å². The second kappa shape index (κ2) is 5.56. The SMILES string of the molecule is CC1CC(C(=O)O)CN(C(=O)c2cc(F)ccc2F)C1. The van der Waals surface area contributed by atoms with Crippen molar-refractivity contribution in [1.82, 2.24) is 4.90 Å². The van der Waals surface area contributed by atoms with Crippen molar-refractivity contribution >= 4 is 11.9 Å². The van der Waals surface area contributed by atoms with Gasteiger partial charge in [0, 0.05) is 13.1 Å². The van der Waals surface area contributed by atoms with E-state index in [1.165, 1.54) is 4.90 Å². The van der Waals surface area contributed by atoms with Crippen molar-refractivity contribution in [2.24, 2.45) is 11.8 Å². The van der Waals surface area contributed by atoms with E-state index >= 15 is 0 Å². The zero-order valence-electron chi connectivity index (χ0n) is 11.0. The Bertz CT molecular complexity index is 547. The molecule has 1 N–H and O–H groups in total. The summed E-state index contributed by atoms with van der Waals surface area (Å²) in [5.74, 6) is -3.81. The van der Waals surface area contributed by atoms with Gasteiger partial charge in [-0.3, -0.25) is 9.59 Å². The van der Waals surface area contributed by atoms with Gasteiger partial charge >= 0.3 is 5.97 Å². The second-order valence-corrected chi connectivity index (χ2v) is 5.21. The molecule has 1 aliphatic heterocycles. The molecule has 2 rings (SSSR count). The van der Waals surface area contributed by atoms with Crippen LogP contribution in [0.15, 0.2) is 18.2 Å². The van der Waals surface area contributed by atoms with Gasteiger partial charge in [-0.25, -0.2) is 8.78 Å². The van der Waals surface area contributed by atoms with Gasteiger partial charge < -0.3 is 10.0 Å². The molecule has 0 spiro atoms. The first-order valence-corrected chi connectivity index (χ1v) is 6.35. The molecule has 0 aliphatic carbocycles. The van der Waals surface area contributed by atoms with E-state index in [9.17, 15) is 18.4 Å². The second-order valence-electron chi connectivity index (χ2n) is 5.21. The van der Waals surface area contributed by atoms with Crippen molar-refractivity contribution in [3.63, 3.8) is 0 Å². The Kier molecular flexibility index (Phi) is 4.01. The van der Waals surface area contributed by atoms with Crippen LogP contribution in [0.25, 0.3) is 0 Å². The molecule has 1 amide bonds. The summed E-state index contributed by atoms with van der Waals surface area (Å²) >= 11 is 0. The van der Waals surface area contributed by atoms with E-state index in [0.717, 1.165) is 18.2 Å². The molecule has 0 aromatic heterocycles. The zero-order valence-corrected chi connectivity index (χ0v) is 11.0. The van der Waals surface area contributed by atoms with Gasteiger partial charge in [0.05, 0.1) is 11.5 Å². The summed E-state index contributed by atoms with van der Waals surface area (Å²) in [7, 11) is 0. The first-order valence-electron chi connectivity index (χ1n) is 6.35. The number of nitrogens with zero attached hydrogens (tertiary/aromatic N) is 1. The molecule has 108 valence electrons. The first kappa shape index (κ1) is 14.4. The summed E-state index contributed by atoms with van der Waals surface area (Å²) in [6.07, 6.45) is 0.477. The van der Waals surface area contributed by atoms with E-state index in [-0.39, 0.29) is 18.0 Å². The molecule has 2 atom stereocenters. The summed E-state index contributed by atoms with van der Waals surface area (Å²) in [5, 5.41) is 9.05. The Hall–Kier alpha value is -1.98. The Morgan fingerprint density at radius 2 is 2.00 bits per heavy atom. The Morgan fingerprint density at radius 3 is 2.65 bits per heavy atom. The fourth-order valence-electron chi connectivity index (χ4n) is 2.53. The average molecular weight is 283 g/mol. The predicted molar refractivity (Wildman–Crippen MR) is 67.2 cm³/mol. The van der Waals surface area contributed by atoms with Gasteiger partial charge in [0.25, 0.3) is 5.91 Å². The third-order valence-electron chi connectivity index (χ3n) is 3.45. The van der Waals surface area contributed by atoms with Crippen LogP contribution >= 0.6 is 0 Å². The molecule has 4 nitrogen and oxygen atoms in total. The number of carbonyl (C=O) groups excluding carboxylic acids is 1. The fourth-order valence-corrected chi connectivity index (χ4v) is 2.53. The highest BCUT2D eigenvalue weighted by atomic mass is 19.1. The van der Waals surface area contributed by atoms with Crippen LogP contribution < -0.4 is 0 Å². The minimum Gasteiger partial charge on any atom is -0.481 e. The molecular formula is C14H15F2NO3. The number of aliphatic carboxylic acids is 1. The summed E-state index contributed by atoms with van der Waals surface area (Å²) in [4.78, 5) is 24.5. The van der Waals surface area contributed by atoms with Crippen molar-refractivity contribution in [2.75, 3.05) is 13.1 Å². The third kappa shape index (κ3) is 2.95. The number of carboxylic acids is 1. The van der Waals surface area contributed by atoms with Crippen LogP contribution in [-0.2, 0) is 4.79 Å². The van der Waals surface area contributed by atoms with Crippen molar-refractivity contribution in [3.8, 4) is 0 Å². The number of likely N-dealkylation sites (tertiary alicyclic amines) is 1. The lowest BCUT2D eigenvalue weighted by molar-refractivity contribution is -0.143. The van der Waals surface area contributed by atoms with Gasteiger partial charge in [-0.05, 0) is 30.5 Å². The highest BCUT2D eigenvalue weighted by Gasteiger charge is 2.33. The van der Waals surface area contributed by atoms with Crippen LogP contribution in [0.3, 0.4) is 0 Å². The van der Waals surface area contributed by atoms with Crippen molar-refractivity contribution in [1.29, 1.82) is 0 Å². The Morgan fingerprint density at radius 1 is 1.30 bits per heavy atom. The van der Waals surface area contributed by atoms with Crippen LogP contribution in [0.1, 0.15) is 23.7 Å². The van der Waals surface area contributed by atoms with Crippen molar-refractivity contribution in [2.45, 2.75) is 13.3 Å². The zero-order chi connectivity index (χ0) is 14.9. The molecule has 1 aromatic rings. The van der Waals surface area contributed by atoms with Crippen LogP contribution in [0.5, 0.6) is 0 Å². The van der Waals surface area contributed by atoms with Crippen LogP contribution in [0, 0.1) is 23.5 Å². The fraction of sp³-hybridized carbons (Fsp3) is 0.429. The predicted octanol–water partition coefficient (Wildman–Crippen LogP) is 2.15. The number of hydrogen-bond donors (Lipinski definition) is 1. The first-order chi connectivity index (χ1) is 9.38. The number of piperidine rings is 1. The number of amides is 1. The van der Waals surface area contributed by atoms with Gasteiger partial charge in [0.15, 0.2) is 0 Å². The molecule has 1 aliphatic rings. The summed E-state index contributed by atoms with van der Waals surface area (Å²) in [5.41, 5.74) is -0.358. The molecule has 20 heavy (non-hydrogen) atoms. The van der Waals surface area contributed by atoms with Gasteiger partial charge in [-0.1, -0.05) is 6.92 Å². The minimum atomic E-state index is -0.978. The number of rotatable bonds is 2. The molecule has 6 heteroatoms. The maximum atomic E-state index is 13.6. The number of carbonyl (C=O) groups is 2. The van der Waals surface area contributed by atoms with Crippen LogP contribution in [0.2, 0.25) is 0 Å². The van der Waals surface area contributed by atoms with E-state index in [1.54, 1.807) is 0 Å². The molecule has 1 saturated heterocycles. The van der Waals surface area contributed by atoms with E-state index in [2.05, 4.69) is 0 Å². The molecule has 1 aromatic carbocycles. The van der Waals surface area contributed by atoms with Gasteiger partial charge in [-0.15, -0.1) is 0 Å². The highest BCUT2D eigenvalue weighted by molar-refractivity contribution is 5.94. The highest BCUT2D eigenvalue weighted by Crippen LogP contribution is 2.24. The topological polar surface area (TPSA) is 57.6 Å². The van der Waals surface area contributed by atoms with Crippen LogP contribution in [-0.4, -0.2) is 35.0 Å². The monoisotopic (exact) mass is 283 g/mol. The lowest BCUT2D eigenvalue weighted by Gasteiger charge is -2.34. The van der Waals surface area contributed by atoms with E-state index in [0.29, 0.717) is 13.0 Å². The maximum Gasteiger partial charge on any atom is 0.308 e. The number of hydrogen-bond acceptors (Lipinski definition) is 2. The van der Waals surface area contributed by atoms with Gasteiger partial charge in [-0.2, -0.15) is 0 Å². The minimum absolute atomic E-state index is 0.00502. The lowest BCUT2D eigenvalue weighted by Crippen LogP contribution is -2.45. The number of benzene rings is 1. The van der Waals surface area contributed by atoms with Crippen molar-refractivity contribution in [3.05, 3.63) is 35.4 Å². The summed E-state index contributed by atoms with van der Waals surface area (Å²) in [6.45, 7) is 2.20. The van der Waals surface area contributed by atoms with E-state index in [1.807, 2.05) is 6.92 Å². The average Bonchev–Trinajstić information content (AvgIpc) is 2.40. The van der Waals surface area contributed by atoms with Crippen molar-refractivity contribution < 1.29 is 23.5 Å². The lowest BCUT2D eigenvalue weighted by atomic mass is 9.90. The quantitative estimate of drug-likeness (QED) is 0.904. The van der Waals surface area contributed by atoms with E-state index < -0.39 is 29.4 Å². The number of carboxylic acid groups (broad SMARTS) is 1. The summed E-state index contributed by atoms with van der Waals surface area (Å²) in [6, 6.07) is 2.67. The number of halogens is 2. The standard InChI is InChI=1S/C14H15F2NO3/c1-8-4-9(14(19)20)7-17(6-8)13(18)11-5-10(15)2-3-12(11)16/h2-3,5,8-9H,4,6-7H2,1H3,(H,19,20). The maximum absolute atomic E-state index is 13.6. The molecule has 0 bridgehead atoms. The molecule has 0 saturated carbocycles. The third-order valence-corrected chi connectivity index (χ3v) is 3.45. The van der Waals surface area contributed by atoms with Crippen LogP contribution in [0.4, 0.5) is 8.78 Å². The molecular weight excluding hydrogens is 268 g/mol. The molecule has 0 radical (unpaired) electrons. The smallest absolute Gasteiger partial charge is 0.308 e. The molecule has 2 unspecified atom stereocenters. The van der Waals surface area contributed by atoms with E-state index in [4.69, 9.17) is 5.11 Å². The Balaban J connectivity index is 2.23. The normalized spacial score (nSPS) is 22.6. The van der Waals surface area contributed by atoms with Gasteiger partial charge in [0.2, 0.25) is 0 Å². The molecule has 1 heterocycles.